The van der Waals surface area contributed by atoms with Gasteiger partial charge in [-0.15, -0.1) is 0 Å². The molecule has 158 valence electrons. The van der Waals surface area contributed by atoms with E-state index in [1.54, 1.807) is 36.4 Å². The summed E-state index contributed by atoms with van der Waals surface area (Å²) in [6, 6.07) is 28.8. The Morgan fingerprint density at radius 3 is 2.19 bits per heavy atom. The first kappa shape index (κ1) is 21.1. The first-order chi connectivity index (χ1) is 15.6. The second-order valence-corrected chi connectivity index (χ2v) is 7.29. The lowest BCUT2D eigenvalue weighted by atomic mass is 9.98. The number of carboxylic acid groups (broad SMARTS) is 1. The summed E-state index contributed by atoms with van der Waals surface area (Å²) >= 11 is 0. The van der Waals surface area contributed by atoms with Crippen LogP contribution in [0.3, 0.4) is 0 Å². The summed E-state index contributed by atoms with van der Waals surface area (Å²) in [4.78, 5) is 11.7. The van der Waals surface area contributed by atoms with Gasteiger partial charge in [0.15, 0.2) is 0 Å². The third kappa shape index (κ3) is 5.29. The van der Waals surface area contributed by atoms with Gasteiger partial charge in [-0.1, -0.05) is 72.8 Å². The molecule has 0 spiro atoms. The molecular weight excluding hydrogens is 403 g/mol. The molecule has 3 nitrogen and oxygen atoms in total. The average molecular weight is 424 g/mol. The third-order valence-corrected chi connectivity index (χ3v) is 5.04. The van der Waals surface area contributed by atoms with Crippen LogP contribution in [0.1, 0.15) is 27.0 Å². The predicted octanol–water partition coefficient (Wildman–Crippen LogP) is 6.94. The molecule has 0 aromatic heterocycles. The zero-order valence-electron chi connectivity index (χ0n) is 17.2. The van der Waals surface area contributed by atoms with Crippen molar-refractivity contribution in [1.82, 2.24) is 0 Å². The summed E-state index contributed by atoms with van der Waals surface area (Å²) in [5.41, 5.74) is 4.41. The maximum absolute atomic E-state index is 13.2. The average Bonchev–Trinajstić information content (AvgIpc) is 2.83. The van der Waals surface area contributed by atoms with Gasteiger partial charge in [0.05, 0.1) is 5.56 Å². The highest BCUT2D eigenvalue weighted by molar-refractivity contribution is 5.94. The maximum Gasteiger partial charge on any atom is 0.336 e. The van der Waals surface area contributed by atoms with Crippen molar-refractivity contribution in [2.75, 3.05) is 0 Å². The zero-order valence-corrected chi connectivity index (χ0v) is 17.2. The summed E-state index contributed by atoms with van der Waals surface area (Å²) in [6.45, 7) is 0.469. The summed E-state index contributed by atoms with van der Waals surface area (Å²) < 4.78 is 19.0. The highest BCUT2D eigenvalue weighted by atomic mass is 19.1. The summed E-state index contributed by atoms with van der Waals surface area (Å²) in [6.07, 6.45) is 3.66. The van der Waals surface area contributed by atoms with Crippen molar-refractivity contribution in [3.63, 3.8) is 0 Å². The van der Waals surface area contributed by atoms with Crippen LogP contribution in [-0.4, -0.2) is 11.1 Å². The van der Waals surface area contributed by atoms with Gasteiger partial charge in [-0.3, -0.25) is 0 Å². The molecule has 0 heterocycles. The van der Waals surface area contributed by atoms with E-state index in [0.717, 1.165) is 28.0 Å². The minimum Gasteiger partial charge on any atom is -0.489 e. The number of hydrogen-bond donors (Lipinski definition) is 1. The molecular formula is C28H21FO3. The van der Waals surface area contributed by atoms with E-state index in [2.05, 4.69) is 0 Å². The highest BCUT2D eigenvalue weighted by Crippen LogP contribution is 2.25. The van der Waals surface area contributed by atoms with Gasteiger partial charge in [0.25, 0.3) is 0 Å². The molecule has 0 bridgehead atoms. The van der Waals surface area contributed by atoms with Crippen molar-refractivity contribution in [2.45, 2.75) is 6.61 Å². The monoisotopic (exact) mass is 424 g/mol. The second-order valence-electron chi connectivity index (χ2n) is 7.29. The Labute approximate surface area is 186 Å². The van der Waals surface area contributed by atoms with Gasteiger partial charge in [0, 0.05) is 0 Å². The van der Waals surface area contributed by atoms with E-state index in [-0.39, 0.29) is 11.4 Å². The molecule has 0 aliphatic rings. The molecule has 0 atom stereocenters. The Balaban J connectivity index is 1.51. The van der Waals surface area contributed by atoms with Gasteiger partial charge in [-0.25, -0.2) is 9.18 Å². The molecule has 0 unspecified atom stereocenters. The van der Waals surface area contributed by atoms with Crippen molar-refractivity contribution in [3.05, 3.63) is 125 Å². The fraction of sp³-hybridized carbons (Fsp3) is 0.0357. The molecule has 4 aromatic carbocycles. The summed E-state index contributed by atoms with van der Waals surface area (Å²) in [7, 11) is 0. The van der Waals surface area contributed by atoms with Crippen LogP contribution in [0.5, 0.6) is 5.75 Å². The van der Waals surface area contributed by atoms with Gasteiger partial charge in [0.2, 0.25) is 0 Å². The fourth-order valence-electron chi connectivity index (χ4n) is 3.31. The molecule has 0 saturated carbocycles. The van der Waals surface area contributed by atoms with Gasteiger partial charge in [0.1, 0.15) is 18.2 Å². The van der Waals surface area contributed by atoms with Crippen LogP contribution < -0.4 is 4.74 Å². The van der Waals surface area contributed by atoms with Crippen LogP contribution in [-0.2, 0) is 6.61 Å². The fourth-order valence-corrected chi connectivity index (χ4v) is 3.31. The van der Waals surface area contributed by atoms with E-state index in [1.165, 1.54) is 12.1 Å². The largest absolute Gasteiger partial charge is 0.489 e. The van der Waals surface area contributed by atoms with Crippen molar-refractivity contribution in [1.29, 1.82) is 0 Å². The van der Waals surface area contributed by atoms with E-state index in [0.29, 0.717) is 12.2 Å². The quantitative estimate of drug-likeness (QED) is 0.327. The third-order valence-electron chi connectivity index (χ3n) is 5.04. The molecule has 4 aromatic rings. The van der Waals surface area contributed by atoms with E-state index in [9.17, 15) is 14.3 Å². The van der Waals surface area contributed by atoms with Crippen molar-refractivity contribution >= 4 is 18.1 Å². The van der Waals surface area contributed by atoms with Crippen LogP contribution in [0.4, 0.5) is 4.39 Å². The normalized spacial score (nSPS) is 10.9. The van der Waals surface area contributed by atoms with Crippen molar-refractivity contribution in [2.24, 2.45) is 0 Å². The van der Waals surface area contributed by atoms with Gasteiger partial charge in [-0.2, -0.15) is 0 Å². The lowest BCUT2D eigenvalue weighted by Crippen LogP contribution is -1.99. The van der Waals surface area contributed by atoms with Gasteiger partial charge >= 0.3 is 5.97 Å². The smallest absolute Gasteiger partial charge is 0.336 e. The Kier molecular flexibility index (Phi) is 6.42. The Morgan fingerprint density at radius 2 is 1.50 bits per heavy atom. The Hall–Kier alpha value is -4.18. The lowest BCUT2D eigenvalue weighted by Gasteiger charge is -2.07. The molecule has 1 N–H and O–H groups in total. The second kappa shape index (κ2) is 9.75. The lowest BCUT2D eigenvalue weighted by molar-refractivity contribution is 0.0696. The summed E-state index contributed by atoms with van der Waals surface area (Å²) in [5, 5.41) is 9.55. The van der Waals surface area contributed by atoms with Crippen LogP contribution >= 0.6 is 0 Å². The number of ether oxygens (including phenoxy) is 1. The molecule has 0 fully saturated rings. The van der Waals surface area contributed by atoms with Crippen LogP contribution in [0.2, 0.25) is 0 Å². The first-order valence-electron chi connectivity index (χ1n) is 10.2. The number of halogens is 1. The number of aromatic carboxylic acids is 1. The van der Waals surface area contributed by atoms with Crippen LogP contribution in [0, 0.1) is 5.82 Å². The number of benzene rings is 4. The molecule has 0 aliphatic heterocycles. The van der Waals surface area contributed by atoms with E-state index < -0.39 is 5.97 Å². The minimum atomic E-state index is -0.997. The zero-order chi connectivity index (χ0) is 22.3. The van der Waals surface area contributed by atoms with Gasteiger partial charge < -0.3 is 9.84 Å². The van der Waals surface area contributed by atoms with E-state index in [1.807, 2.05) is 60.7 Å². The summed E-state index contributed by atoms with van der Waals surface area (Å²) in [5.74, 6) is -0.490. The molecule has 0 saturated heterocycles. The minimum absolute atomic E-state index is 0.208. The van der Waals surface area contributed by atoms with Crippen molar-refractivity contribution < 1.29 is 19.0 Å². The molecule has 0 aliphatic carbocycles. The molecule has 0 amide bonds. The number of carboxylic acids is 1. The van der Waals surface area contributed by atoms with Crippen molar-refractivity contribution in [3.8, 4) is 16.9 Å². The first-order valence-corrected chi connectivity index (χ1v) is 10.2. The van der Waals surface area contributed by atoms with Crippen LogP contribution in [0.15, 0.2) is 97.1 Å². The standard InChI is InChI=1S/C28H21FO3/c29-25-15-12-22(13-16-25)23-14-17-27(28(30)31)24(18-23)11-10-20-6-8-21(9-7-20)19-32-26-4-2-1-3-5-26/h1-18H,19H2,(H,30,31)/b11-10+. The molecule has 32 heavy (non-hydrogen) atoms. The molecule has 0 radical (unpaired) electrons. The van der Waals surface area contributed by atoms with E-state index >= 15 is 0 Å². The molecule has 4 rings (SSSR count). The highest BCUT2D eigenvalue weighted by Gasteiger charge is 2.10. The Bertz CT molecular complexity index is 1230. The maximum atomic E-state index is 13.2. The number of para-hydroxylation sites is 1. The number of hydrogen-bond acceptors (Lipinski definition) is 2. The number of carbonyl (C=O) groups is 1. The molecule has 4 heteroatoms. The predicted molar refractivity (Wildman–Crippen MR) is 125 cm³/mol. The topological polar surface area (TPSA) is 46.5 Å². The SMILES string of the molecule is O=C(O)c1ccc(-c2ccc(F)cc2)cc1/C=C/c1ccc(COc2ccccc2)cc1. The van der Waals surface area contributed by atoms with E-state index in [4.69, 9.17) is 4.74 Å². The number of rotatable bonds is 7. The van der Waals surface area contributed by atoms with Gasteiger partial charge in [-0.05, 0) is 64.2 Å². The van der Waals surface area contributed by atoms with Crippen LogP contribution in [0.25, 0.3) is 23.3 Å². The Morgan fingerprint density at radius 1 is 0.812 bits per heavy atom.